The quantitative estimate of drug-likeness (QED) is 0.482. The van der Waals surface area contributed by atoms with Crippen LogP contribution in [0.4, 0.5) is 0 Å². The zero-order valence-corrected chi connectivity index (χ0v) is 13.2. The van der Waals surface area contributed by atoms with Crippen molar-refractivity contribution in [2.24, 2.45) is 0 Å². The number of nitrogens with zero attached hydrogens (tertiary/aromatic N) is 2. The lowest BCUT2D eigenvalue weighted by Crippen LogP contribution is -2.26. The van der Waals surface area contributed by atoms with Crippen LogP contribution in [0.25, 0.3) is 10.9 Å². The first kappa shape index (κ1) is 14.4. The Bertz CT molecular complexity index is 729. The summed E-state index contributed by atoms with van der Waals surface area (Å²) in [5.41, 5.74) is 2.00. The largest absolute Gasteiger partial charge is 0.284 e. The first-order chi connectivity index (χ1) is 10.2. The smallest absolute Gasteiger partial charge is 0.262 e. The molecule has 0 atom stereocenters. The Labute approximate surface area is 129 Å². The third kappa shape index (κ3) is 2.91. The Morgan fingerprint density at radius 3 is 2.81 bits per heavy atom. The van der Waals surface area contributed by atoms with E-state index in [9.17, 15) is 4.79 Å². The van der Waals surface area contributed by atoms with Crippen LogP contribution in [-0.4, -0.2) is 15.3 Å². The molecule has 0 bridgehead atoms. The Kier molecular flexibility index (Phi) is 4.15. The Balaban J connectivity index is 2.14. The lowest BCUT2D eigenvalue weighted by Gasteiger charge is -2.18. The zero-order valence-electron chi connectivity index (χ0n) is 12.3. The van der Waals surface area contributed by atoms with Crippen molar-refractivity contribution in [3.05, 3.63) is 46.8 Å². The highest BCUT2D eigenvalue weighted by molar-refractivity contribution is 7.99. The monoisotopic (exact) mass is 300 g/mol. The molecule has 0 amide bonds. The molecule has 1 aliphatic rings. The van der Waals surface area contributed by atoms with E-state index in [0.29, 0.717) is 6.04 Å². The van der Waals surface area contributed by atoms with Gasteiger partial charge in [0.1, 0.15) is 0 Å². The molecule has 0 radical (unpaired) electrons. The highest BCUT2D eigenvalue weighted by Crippen LogP contribution is 2.32. The molecule has 1 aliphatic carbocycles. The molecule has 21 heavy (non-hydrogen) atoms. The molecule has 110 valence electrons. The molecule has 0 aliphatic heterocycles. The van der Waals surface area contributed by atoms with Crippen LogP contribution in [0.5, 0.6) is 0 Å². The van der Waals surface area contributed by atoms with E-state index in [2.05, 4.69) is 6.58 Å². The van der Waals surface area contributed by atoms with E-state index in [1.165, 1.54) is 12.8 Å². The van der Waals surface area contributed by atoms with Gasteiger partial charge in [-0.25, -0.2) is 4.98 Å². The van der Waals surface area contributed by atoms with Gasteiger partial charge in [0.25, 0.3) is 5.56 Å². The van der Waals surface area contributed by atoms with Gasteiger partial charge in [-0.2, -0.15) is 0 Å². The van der Waals surface area contributed by atoms with E-state index in [1.54, 1.807) is 11.8 Å². The molecule has 0 spiro atoms. The van der Waals surface area contributed by atoms with Crippen LogP contribution in [0.2, 0.25) is 0 Å². The van der Waals surface area contributed by atoms with Crippen LogP contribution in [0.1, 0.15) is 38.6 Å². The fourth-order valence-electron chi connectivity index (χ4n) is 2.90. The van der Waals surface area contributed by atoms with Gasteiger partial charge < -0.3 is 0 Å². The summed E-state index contributed by atoms with van der Waals surface area (Å²) in [5, 5.41) is 1.57. The topological polar surface area (TPSA) is 34.9 Å². The van der Waals surface area contributed by atoms with Crippen LogP contribution < -0.4 is 5.56 Å². The molecule has 1 aromatic carbocycles. The summed E-state index contributed by atoms with van der Waals surface area (Å²) in [6.45, 7) is 5.95. The molecule has 1 fully saturated rings. The minimum atomic E-state index is 0.108. The number of hydrogen-bond donors (Lipinski definition) is 0. The summed E-state index contributed by atoms with van der Waals surface area (Å²) in [7, 11) is 0. The number of aromatic nitrogens is 2. The molecule has 4 heteroatoms. The van der Waals surface area contributed by atoms with Crippen molar-refractivity contribution in [3.8, 4) is 0 Å². The Morgan fingerprint density at radius 2 is 2.10 bits per heavy atom. The third-order valence-corrected chi connectivity index (χ3v) is 5.10. The minimum Gasteiger partial charge on any atom is -0.284 e. The summed E-state index contributed by atoms with van der Waals surface area (Å²) in [5.74, 6) is 0.803. The number of fused-ring (bicyclic) bond motifs is 1. The van der Waals surface area contributed by atoms with Gasteiger partial charge >= 0.3 is 0 Å². The average molecular weight is 300 g/mol. The summed E-state index contributed by atoms with van der Waals surface area (Å²) >= 11 is 1.62. The molecule has 0 saturated heterocycles. The predicted octanol–water partition coefficient (Wildman–Crippen LogP) is 4.18. The van der Waals surface area contributed by atoms with Gasteiger partial charge in [0.15, 0.2) is 5.16 Å². The lowest BCUT2D eigenvalue weighted by atomic mass is 10.2. The molecule has 2 aromatic rings. The molecular weight excluding hydrogens is 280 g/mol. The number of hydrogen-bond acceptors (Lipinski definition) is 3. The van der Waals surface area contributed by atoms with Gasteiger partial charge in [0, 0.05) is 11.8 Å². The zero-order chi connectivity index (χ0) is 14.8. The van der Waals surface area contributed by atoms with Crippen LogP contribution >= 0.6 is 11.8 Å². The number of thioether (sulfide) groups is 1. The highest BCUT2D eigenvalue weighted by atomic mass is 32.2. The van der Waals surface area contributed by atoms with Crippen LogP contribution in [0, 0.1) is 0 Å². The normalized spacial score (nSPS) is 15.7. The highest BCUT2D eigenvalue weighted by Gasteiger charge is 2.22. The van der Waals surface area contributed by atoms with Crippen molar-refractivity contribution in [1.82, 2.24) is 9.55 Å². The van der Waals surface area contributed by atoms with E-state index in [0.717, 1.165) is 40.2 Å². The van der Waals surface area contributed by atoms with Gasteiger partial charge in [-0.3, -0.25) is 9.36 Å². The van der Waals surface area contributed by atoms with Gasteiger partial charge in [0.05, 0.1) is 10.9 Å². The first-order valence-electron chi connectivity index (χ1n) is 7.45. The molecule has 1 heterocycles. The Morgan fingerprint density at radius 1 is 1.38 bits per heavy atom. The number of para-hydroxylation sites is 1. The van der Waals surface area contributed by atoms with E-state index >= 15 is 0 Å². The van der Waals surface area contributed by atoms with Crippen molar-refractivity contribution >= 4 is 22.7 Å². The fourth-order valence-corrected chi connectivity index (χ4v) is 3.81. The van der Waals surface area contributed by atoms with Crippen LogP contribution in [0.3, 0.4) is 0 Å². The molecule has 0 N–H and O–H groups in total. The first-order valence-corrected chi connectivity index (χ1v) is 8.44. The maximum absolute atomic E-state index is 12.9. The standard InChI is InChI=1S/C17H20N2OS/c1-12(2)11-21-17-18-15-10-6-5-9-14(15)16(20)19(17)13-7-3-4-8-13/h5-6,9-10,13H,1,3-4,7-8,11H2,2H3. The van der Waals surface area contributed by atoms with E-state index < -0.39 is 0 Å². The third-order valence-electron chi connectivity index (χ3n) is 3.91. The van der Waals surface area contributed by atoms with E-state index in [-0.39, 0.29) is 5.56 Å². The molecule has 3 rings (SSSR count). The van der Waals surface area contributed by atoms with Crippen molar-refractivity contribution in [1.29, 1.82) is 0 Å². The van der Waals surface area contributed by atoms with Gasteiger partial charge in [-0.15, -0.1) is 0 Å². The molecule has 1 saturated carbocycles. The van der Waals surface area contributed by atoms with Gasteiger partial charge in [-0.1, -0.05) is 48.9 Å². The summed E-state index contributed by atoms with van der Waals surface area (Å²) in [4.78, 5) is 17.6. The van der Waals surface area contributed by atoms with Crippen molar-refractivity contribution in [2.45, 2.75) is 43.8 Å². The van der Waals surface area contributed by atoms with Crippen molar-refractivity contribution in [2.75, 3.05) is 5.75 Å². The molecular formula is C17H20N2OS. The Hall–Kier alpha value is -1.55. The maximum Gasteiger partial charge on any atom is 0.262 e. The number of rotatable bonds is 4. The SMILES string of the molecule is C=C(C)CSc1nc2ccccc2c(=O)n1C1CCCC1. The predicted molar refractivity (Wildman–Crippen MR) is 89.0 cm³/mol. The average Bonchev–Trinajstić information content (AvgIpc) is 2.99. The second-order valence-corrected chi connectivity index (χ2v) is 6.71. The second-order valence-electron chi connectivity index (χ2n) is 5.77. The second kappa shape index (κ2) is 6.06. The van der Waals surface area contributed by atoms with Crippen LogP contribution in [-0.2, 0) is 0 Å². The minimum absolute atomic E-state index is 0.108. The van der Waals surface area contributed by atoms with E-state index in [1.807, 2.05) is 35.8 Å². The summed E-state index contributed by atoms with van der Waals surface area (Å²) < 4.78 is 1.93. The van der Waals surface area contributed by atoms with Crippen LogP contribution in [0.15, 0.2) is 46.4 Å². The van der Waals surface area contributed by atoms with Crippen molar-refractivity contribution in [3.63, 3.8) is 0 Å². The van der Waals surface area contributed by atoms with E-state index in [4.69, 9.17) is 4.98 Å². The number of benzene rings is 1. The summed E-state index contributed by atoms with van der Waals surface area (Å²) in [6, 6.07) is 7.94. The molecule has 0 unspecified atom stereocenters. The van der Waals surface area contributed by atoms with Crippen molar-refractivity contribution < 1.29 is 0 Å². The molecule has 1 aromatic heterocycles. The maximum atomic E-state index is 12.9. The summed E-state index contributed by atoms with van der Waals surface area (Å²) in [6.07, 6.45) is 4.57. The van der Waals surface area contributed by atoms with Gasteiger partial charge in [-0.05, 0) is 31.9 Å². The fraction of sp³-hybridized carbons (Fsp3) is 0.412. The lowest BCUT2D eigenvalue weighted by molar-refractivity contribution is 0.458. The van der Waals surface area contributed by atoms with Gasteiger partial charge in [0.2, 0.25) is 0 Å². The molecule has 3 nitrogen and oxygen atoms in total.